The van der Waals surface area contributed by atoms with Gasteiger partial charge in [0.25, 0.3) is 0 Å². The maximum Gasteiger partial charge on any atom is 0.329 e. The van der Waals surface area contributed by atoms with Gasteiger partial charge >= 0.3 is 11.8 Å². The van der Waals surface area contributed by atoms with E-state index in [1.165, 1.54) is 6.21 Å². The summed E-state index contributed by atoms with van der Waals surface area (Å²) in [5.41, 5.74) is 7.54. The topological polar surface area (TPSA) is 75.5 Å². The van der Waals surface area contributed by atoms with E-state index < -0.39 is 11.8 Å². The summed E-state index contributed by atoms with van der Waals surface area (Å²) < 4.78 is 2.01. The Morgan fingerprint density at radius 3 is 2.35 bits per heavy atom. The monoisotopic (exact) mass is 436 g/mol. The first kappa shape index (κ1) is 22.3. The fraction of sp³-hybridized carbons (Fsp3) is 0.208. The molecule has 1 aromatic heterocycles. The van der Waals surface area contributed by atoms with E-state index in [2.05, 4.69) is 29.7 Å². The predicted octanol–water partition coefficient (Wildman–Crippen LogP) is 4.96. The van der Waals surface area contributed by atoms with Crippen LogP contribution >= 0.6 is 11.6 Å². The maximum atomic E-state index is 12.1. The number of hydrogen-bond donors (Lipinski definition) is 2. The molecule has 0 fully saturated rings. The number of benzene rings is 2. The third kappa shape index (κ3) is 5.22. The first-order chi connectivity index (χ1) is 14.8. The summed E-state index contributed by atoms with van der Waals surface area (Å²) in [6.07, 6.45) is 1.51. The molecule has 0 radical (unpaired) electrons. The van der Waals surface area contributed by atoms with Crippen LogP contribution in [0.2, 0.25) is 5.02 Å². The van der Waals surface area contributed by atoms with Crippen molar-refractivity contribution in [2.45, 2.75) is 33.6 Å². The van der Waals surface area contributed by atoms with Crippen molar-refractivity contribution in [1.29, 1.82) is 0 Å². The van der Waals surface area contributed by atoms with Gasteiger partial charge in [0.2, 0.25) is 0 Å². The van der Waals surface area contributed by atoms with Gasteiger partial charge in [-0.3, -0.25) is 9.59 Å². The SMILES string of the molecule is Cc1cc(/C=N/NC(=O)C(=O)Nc2ccc(C(C)C)cc2)c(C)n1-c1ccccc1Cl. The van der Waals surface area contributed by atoms with Crippen LogP contribution in [-0.4, -0.2) is 22.6 Å². The highest BCUT2D eigenvalue weighted by Crippen LogP contribution is 2.25. The molecule has 2 N–H and O–H groups in total. The van der Waals surface area contributed by atoms with Crippen LogP contribution in [0.15, 0.2) is 59.7 Å². The van der Waals surface area contributed by atoms with Gasteiger partial charge < -0.3 is 9.88 Å². The minimum absolute atomic E-state index is 0.391. The van der Waals surface area contributed by atoms with Gasteiger partial charge in [-0.25, -0.2) is 5.43 Å². The van der Waals surface area contributed by atoms with Gasteiger partial charge in [-0.2, -0.15) is 5.10 Å². The zero-order valence-corrected chi connectivity index (χ0v) is 18.7. The molecule has 31 heavy (non-hydrogen) atoms. The number of aryl methyl sites for hydroxylation is 1. The van der Waals surface area contributed by atoms with Crippen LogP contribution in [0.1, 0.15) is 42.3 Å². The maximum absolute atomic E-state index is 12.1. The number of nitrogens with one attached hydrogen (secondary N) is 2. The quantitative estimate of drug-likeness (QED) is 0.337. The van der Waals surface area contributed by atoms with Crippen LogP contribution in [0.5, 0.6) is 0 Å². The third-order valence-corrected chi connectivity index (χ3v) is 5.29. The molecule has 0 aliphatic rings. The molecule has 0 saturated heterocycles. The molecule has 2 aromatic carbocycles. The molecule has 1 heterocycles. The zero-order valence-electron chi connectivity index (χ0n) is 17.9. The van der Waals surface area contributed by atoms with E-state index in [-0.39, 0.29) is 0 Å². The molecule has 7 heteroatoms. The molecule has 0 bridgehead atoms. The van der Waals surface area contributed by atoms with Gasteiger partial charge in [-0.15, -0.1) is 0 Å². The normalized spacial score (nSPS) is 11.2. The van der Waals surface area contributed by atoms with Crippen molar-refractivity contribution in [2.24, 2.45) is 5.10 Å². The van der Waals surface area contributed by atoms with Gasteiger partial charge in [-0.1, -0.05) is 49.7 Å². The Morgan fingerprint density at radius 1 is 1.03 bits per heavy atom. The number of halogens is 1. The summed E-state index contributed by atoms with van der Waals surface area (Å²) in [5.74, 6) is -1.23. The second-order valence-corrected chi connectivity index (χ2v) is 7.95. The summed E-state index contributed by atoms with van der Waals surface area (Å²) in [4.78, 5) is 24.2. The molecule has 3 rings (SSSR count). The van der Waals surface area contributed by atoms with Crippen molar-refractivity contribution in [3.05, 3.63) is 82.1 Å². The Kier molecular flexibility index (Phi) is 6.92. The lowest BCUT2D eigenvalue weighted by molar-refractivity contribution is -0.136. The molecule has 160 valence electrons. The van der Waals surface area contributed by atoms with E-state index >= 15 is 0 Å². The van der Waals surface area contributed by atoms with E-state index in [0.29, 0.717) is 16.6 Å². The molecule has 0 aliphatic carbocycles. The molecule has 0 atom stereocenters. The summed E-state index contributed by atoms with van der Waals surface area (Å²) in [5, 5.41) is 7.14. The molecule has 0 spiro atoms. The van der Waals surface area contributed by atoms with Gasteiger partial charge in [0.15, 0.2) is 0 Å². The van der Waals surface area contributed by atoms with Crippen LogP contribution in [0.4, 0.5) is 5.69 Å². The van der Waals surface area contributed by atoms with Crippen LogP contribution in [0.3, 0.4) is 0 Å². The van der Waals surface area contributed by atoms with Crippen molar-refractivity contribution in [1.82, 2.24) is 9.99 Å². The molecule has 0 aliphatic heterocycles. The summed E-state index contributed by atoms with van der Waals surface area (Å²) >= 11 is 6.33. The fourth-order valence-electron chi connectivity index (χ4n) is 3.27. The number of hydrogen-bond acceptors (Lipinski definition) is 3. The van der Waals surface area contributed by atoms with Crippen molar-refractivity contribution < 1.29 is 9.59 Å². The van der Waals surface area contributed by atoms with Crippen molar-refractivity contribution in [2.75, 3.05) is 5.32 Å². The average molecular weight is 437 g/mol. The molecular formula is C24H25ClN4O2. The standard InChI is InChI=1S/C24H25ClN4O2/c1-15(2)18-9-11-20(12-10-18)27-23(30)24(31)28-26-14-19-13-16(3)29(17(19)4)22-8-6-5-7-21(22)25/h5-15H,1-4H3,(H,27,30)(H,28,31)/b26-14+. The second kappa shape index (κ2) is 9.62. The number of amides is 2. The lowest BCUT2D eigenvalue weighted by Crippen LogP contribution is -2.32. The van der Waals surface area contributed by atoms with Crippen molar-refractivity contribution in [3.8, 4) is 5.69 Å². The van der Waals surface area contributed by atoms with Crippen LogP contribution in [-0.2, 0) is 9.59 Å². The highest BCUT2D eigenvalue weighted by molar-refractivity contribution is 6.39. The van der Waals surface area contributed by atoms with Crippen molar-refractivity contribution >= 4 is 35.3 Å². The zero-order chi connectivity index (χ0) is 22.5. The number of carbonyl (C=O) groups excluding carboxylic acids is 2. The van der Waals surface area contributed by atoms with Crippen molar-refractivity contribution in [3.63, 3.8) is 0 Å². The number of hydrazone groups is 1. The average Bonchev–Trinajstić information content (AvgIpc) is 3.02. The van der Waals surface area contributed by atoms with E-state index in [4.69, 9.17) is 11.6 Å². The first-order valence-electron chi connectivity index (χ1n) is 9.96. The van der Waals surface area contributed by atoms with E-state index in [9.17, 15) is 9.59 Å². The smallest absolute Gasteiger partial charge is 0.318 e. The summed E-state index contributed by atoms with van der Waals surface area (Å²) in [6.45, 7) is 8.08. The molecule has 6 nitrogen and oxygen atoms in total. The Labute approximate surface area is 186 Å². The number of nitrogens with zero attached hydrogens (tertiary/aromatic N) is 2. The number of para-hydroxylation sites is 1. The fourth-order valence-corrected chi connectivity index (χ4v) is 3.49. The number of anilines is 1. The van der Waals surface area contributed by atoms with Crippen LogP contribution < -0.4 is 10.7 Å². The second-order valence-electron chi connectivity index (χ2n) is 7.54. The molecular weight excluding hydrogens is 412 g/mol. The van der Waals surface area contributed by atoms with Gasteiger partial charge in [0.1, 0.15) is 0 Å². The van der Waals surface area contributed by atoms with Gasteiger partial charge in [0, 0.05) is 22.6 Å². The van der Waals surface area contributed by atoms with E-state index in [1.54, 1.807) is 12.1 Å². The highest BCUT2D eigenvalue weighted by Gasteiger charge is 2.14. The molecule has 3 aromatic rings. The highest BCUT2D eigenvalue weighted by atomic mass is 35.5. The number of aromatic nitrogens is 1. The largest absolute Gasteiger partial charge is 0.329 e. The minimum atomic E-state index is -0.843. The number of rotatable bonds is 5. The predicted molar refractivity (Wildman–Crippen MR) is 125 cm³/mol. The van der Waals surface area contributed by atoms with E-state index in [0.717, 1.165) is 28.2 Å². The lowest BCUT2D eigenvalue weighted by atomic mass is 10.0. The Morgan fingerprint density at radius 2 is 1.71 bits per heavy atom. The lowest BCUT2D eigenvalue weighted by Gasteiger charge is -2.11. The van der Waals surface area contributed by atoms with E-state index in [1.807, 2.05) is 60.9 Å². The van der Waals surface area contributed by atoms with Gasteiger partial charge in [0.05, 0.1) is 16.9 Å². The molecule has 0 unspecified atom stereocenters. The summed E-state index contributed by atoms with van der Waals surface area (Å²) in [6, 6.07) is 16.9. The third-order valence-electron chi connectivity index (χ3n) is 4.97. The molecule has 2 amide bonds. The number of carbonyl (C=O) groups is 2. The minimum Gasteiger partial charge on any atom is -0.318 e. The Hall–Kier alpha value is -3.38. The Balaban J connectivity index is 1.65. The van der Waals surface area contributed by atoms with Gasteiger partial charge in [-0.05, 0) is 55.7 Å². The van der Waals surface area contributed by atoms with Crippen LogP contribution in [0, 0.1) is 13.8 Å². The molecule has 0 saturated carbocycles. The van der Waals surface area contributed by atoms with Crippen LogP contribution in [0.25, 0.3) is 5.69 Å². The summed E-state index contributed by atoms with van der Waals surface area (Å²) in [7, 11) is 0. The first-order valence-corrected chi connectivity index (χ1v) is 10.3. The Bertz CT molecular complexity index is 1130.